The van der Waals surface area contributed by atoms with Crippen molar-refractivity contribution in [3.05, 3.63) is 41.7 Å². The topological polar surface area (TPSA) is 72.9 Å². The first-order valence-electron chi connectivity index (χ1n) is 7.95. The van der Waals surface area contributed by atoms with Crippen LogP contribution in [0, 0.1) is 0 Å². The molecule has 3 aromatic rings. The van der Waals surface area contributed by atoms with E-state index in [2.05, 4.69) is 30.1 Å². The highest BCUT2D eigenvalue weighted by Crippen LogP contribution is 2.36. The van der Waals surface area contributed by atoms with Gasteiger partial charge < -0.3 is 9.47 Å². The lowest BCUT2D eigenvalue weighted by Gasteiger charge is -2.20. The lowest BCUT2D eigenvalue weighted by Crippen LogP contribution is -2.22. The Morgan fingerprint density at radius 1 is 0.963 bits per heavy atom. The van der Waals surface area contributed by atoms with E-state index in [1.54, 1.807) is 12.1 Å². The molecule has 0 unspecified atom stereocenters. The summed E-state index contributed by atoms with van der Waals surface area (Å²) in [4.78, 5) is 0. The number of aromatic nitrogens is 4. The van der Waals surface area contributed by atoms with Gasteiger partial charge in [-0.2, -0.15) is 22.8 Å². The highest BCUT2D eigenvalue weighted by molar-refractivity contribution is 5.86. The average Bonchev–Trinajstić information content (AvgIpc) is 3.09. The zero-order chi connectivity index (χ0) is 19.6. The van der Waals surface area contributed by atoms with Gasteiger partial charge in [0.05, 0.1) is 0 Å². The van der Waals surface area contributed by atoms with Gasteiger partial charge in [0.25, 0.3) is 0 Å². The molecule has 0 radical (unpaired) electrons. The monoisotopic (exact) mass is 384 g/mol. The highest BCUT2D eigenvalue weighted by Gasteiger charge is 2.26. The molecule has 0 aliphatic rings. The number of nitrogens with one attached hydrogen (secondary N) is 1. The zero-order valence-electron chi connectivity index (χ0n) is 14.4. The van der Waals surface area contributed by atoms with E-state index < -0.39 is 30.1 Å². The summed E-state index contributed by atoms with van der Waals surface area (Å²) in [7, 11) is 0. The summed E-state index contributed by atoms with van der Waals surface area (Å²) in [6.07, 6.45) is 0.544. The Hall–Kier alpha value is -2.91. The molecule has 10 heteroatoms. The third kappa shape index (κ3) is 4.44. The summed E-state index contributed by atoms with van der Waals surface area (Å²) < 4.78 is 58.9. The fraction of sp³-hybridized carbons (Fsp3) is 0.353. The molecule has 2 aromatic carbocycles. The predicted molar refractivity (Wildman–Crippen MR) is 88.1 cm³/mol. The normalized spacial score (nSPS) is 12.1. The molecule has 0 spiro atoms. The number of benzene rings is 2. The third-order valence-electron chi connectivity index (χ3n) is 4.00. The Balaban J connectivity index is 1.96. The van der Waals surface area contributed by atoms with E-state index in [4.69, 9.17) is 0 Å². The first kappa shape index (κ1) is 18.9. The Bertz CT molecular complexity index is 917. The number of alkyl halides is 4. The van der Waals surface area contributed by atoms with Gasteiger partial charge in [0, 0.05) is 5.41 Å². The van der Waals surface area contributed by atoms with Crippen molar-refractivity contribution < 1.29 is 27.0 Å². The number of fused-ring (bicyclic) bond motifs is 1. The van der Waals surface area contributed by atoms with Crippen LogP contribution < -0.4 is 9.47 Å². The summed E-state index contributed by atoms with van der Waals surface area (Å²) in [5, 5.41) is 15.0. The second-order valence-corrected chi connectivity index (χ2v) is 6.53. The van der Waals surface area contributed by atoms with Crippen LogP contribution in [0.4, 0.5) is 17.6 Å². The number of hydrogen-bond donors (Lipinski definition) is 1. The van der Waals surface area contributed by atoms with E-state index in [0.29, 0.717) is 23.0 Å². The van der Waals surface area contributed by atoms with E-state index in [1.165, 1.54) is 12.1 Å². The van der Waals surface area contributed by atoms with E-state index in [-0.39, 0.29) is 0 Å². The molecule has 0 saturated heterocycles. The van der Waals surface area contributed by atoms with Crippen LogP contribution in [-0.4, -0.2) is 33.8 Å². The average molecular weight is 384 g/mol. The van der Waals surface area contributed by atoms with Crippen molar-refractivity contribution in [3.8, 4) is 11.5 Å². The molecule has 0 saturated carbocycles. The second-order valence-electron chi connectivity index (χ2n) is 6.53. The number of hydrogen-bond acceptors (Lipinski definition) is 5. The largest absolute Gasteiger partial charge is 0.431 e. The van der Waals surface area contributed by atoms with Crippen molar-refractivity contribution in [2.75, 3.05) is 0 Å². The van der Waals surface area contributed by atoms with Crippen molar-refractivity contribution in [2.24, 2.45) is 0 Å². The highest BCUT2D eigenvalue weighted by atomic mass is 19.3. The fourth-order valence-electron chi connectivity index (χ4n) is 2.83. The molecule has 0 bridgehead atoms. The van der Waals surface area contributed by atoms with E-state index in [1.807, 2.05) is 19.9 Å². The van der Waals surface area contributed by atoms with Crippen molar-refractivity contribution in [3.63, 3.8) is 0 Å². The van der Waals surface area contributed by atoms with Gasteiger partial charge in [-0.1, -0.05) is 37.3 Å². The Morgan fingerprint density at radius 3 is 2.15 bits per heavy atom. The van der Waals surface area contributed by atoms with Gasteiger partial charge in [-0.3, -0.25) is 0 Å². The molecule has 0 aliphatic heterocycles. The van der Waals surface area contributed by atoms with E-state index in [9.17, 15) is 17.6 Å². The summed E-state index contributed by atoms with van der Waals surface area (Å²) in [6.45, 7) is -2.44. The Kier molecular flexibility index (Phi) is 5.15. The van der Waals surface area contributed by atoms with Crippen LogP contribution in [0.25, 0.3) is 10.8 Å². The number of tetrazole rings is 1. The molecule has 0 amide bonds. The molecule has 144 valence electrons. The predicted octanol–water partition coefficient (Wildman–Crippen LogP) is 4.08. The maximum Gasteiger partial charge on any atom is 0.387 e. The molecule has 6 nitrogen and oxygen atoms in total. The quantitative estimate of drug-likeness (QED) is 0.622. The van der Waals surface area contributed by atoms with Gasteiger partial charge in [-0.05, 0) is 34.9 Å². The van der Waals surface area contributed by atoms with Crippen LogP contribution in [0.15, 0.2) is 30.3 Å². The van der Waals surface area contributed by atoms with E-state index >= 15 is 0 Å². The van der Waals surface area contributed by atoms with Gasteiger partial charge in [-0.25, -0.2) is 0 Å². The zero-order valence-corrected chi connectivity index (χ0v) is 14.4. The van der Waals surface area contributed by atoms with Crippen LogP contribution in [0.2, 0.25) is 0 Å². The molecule has 3 rings (SSSR count). The molecule has 27 heavy (non-hydrogen) atoms. The standard InChI is InChI=1S/C17H16F4N4O2/c1-17(2,14-22-24-25-23-14)8-9-3-4-10-6-12(26-15(18)19)13(27-16(20)21)7-11(10)5-9/h3-7,15-16H,8H2,1-2H3,(H,22,23,24,25). The van der Waals surface area contributed by atoms with Gasteiger partial charge in [0.2, 0.25) is 0 Å². The van der Waals surface area contributed by atoms with Crippen LogP contribution in [0.3, 0.4) is 0 Å². The molecule has 1 N–H and O–H groups in total. The summed E-state index contributed by atoms with van der Waals surface area (Å²) in [6, 6.07) is 7.77. The number of aromatic amines is 1. The van der Waals surface area contributed by atoms with Crippen LogP contribution >= 0.6 is 0 Å². The van der Waals surface area contributed by atoms with E-state index in [0.717, 1.165) is 5.56 Å². The SMILES string of the molecule is CC(C)(Cc1ccc2cc(OC(F)F)c(OC(F)F)cc2c1)c1nn[nH]n1. The maximum absolute atomic E-state index is 12.6. The summed E-state index contributed by atoms with van der Waals surface area (Å²) in [5.41, 5.74) is 0.449. The number of nitrogens with zero attached hydrogens (tertiary/aromatic N) is 3. The van der Waals surface area contributed by atoms with Gasteiger partial charge in [0.1, 0.15) is 0 Å². The van der Waals surface area contributed by atoms with Crippen LogP contribution in [0.5, 0.6) is 11.5 Å². The maximum atomic E-state index is 12.6. The minimum absolute atomic E-state index is 0.429. The second kappa shape index (κ2) is 7.37. The van der Waals surface area contributed by atoms with Gasteiger partial charge in [0.15, 0.2) is 17.3 Å². The molecular weight excluding hydrogens is 368 g/mol. The first-order valence-corrected chi connectivity index (χ1v) is 7.95. The van der Waals surface area contributed by atoms with Crippen molar-refractivity contribution >= 4 is 10.8 Å². The van der Waals surface area contributed by atoms with Crippen LogP contribution in [0.1, 0.15) is 25.2 Å². The minimum atomic E-state index is -3.16. The molecule has 0 fully saturated rings. The Morgan fingerprint density at radius 2 is 1.59 bits per heavy atom. The van der Waals surface area contributed by atoms with Gasteiger partial charge in [-0.15, -0.1) is 10.2 Å². The summed E-state index contributed by atoms with van der Waals surface area (Å²) >= 11 is 0. The summed E-state index contributed by atoms with van der Waals surface area (Å²) in [5.74, 6) is -0.366. The van der Waals surface area contributed by atoms with Crippen molar-refractivity contribution in [1.82, 2.24) is 20.6 Å². The molecule has 0 aliphatic carbocycles. The number of halogens is 4. The lowest BCUT2D eigenvalue weighted by atomic mass is 9.84. The van der Waals surface area contributed by atoms with Crippen molar-refractivity contribution in [1.29, 1.82) is 0 Å². The number of rotatable bonds is 7. The number of H-pyrrole nitrogens is 1. The van der Waals surface area contributed by atoms with Gasteiger partial charge >= 0.3 is 13.2 Å². The third-order valence-corrected chi connectivity index (χ3v) is 4.00. The molecular formula is C17H16F4N4O2. The molecule has 0 atom stereocenters. The van der Waals surface area contributed by atoms with Crippen LogP contribution in [-0.2, 0) is 11.8 Å². The number of ether oxygens (including phenoxy) is 2. The molecule has 1 heterocycles. The van der Waals surface area contributed by atoms with Crippen molar-refractivity contribution in [2.45, 2.75) is 38.9 Å². The molecule has 1 aromatic heterocycles. The first-order chi connectivity index (χ1) is 12.7. The fourth-order valence-corrected chi connectivity index (χ4v) is 2.83. The lowest BCUT2D eigenvalue weighted by molar-refractivity contribution is -0.0690. The smallest absolute Gasteiger partial charge is 0.387 e. The minimum Gasteiger partial charge on any atom is -0.431 e. The Labute approximate surface area is 151 Å².